The molecule has 1 aliphatic rings. The van der Waals surface area contributed by atoms with E-state index in [1.807, 2.05) is 0 Å². The Hall–Kier alpha value is -2.42. The molecule has 1 amide bonds. The summed E-state index contributed by atoms with van der Waals surface area (Å²) in [5.41, 5.74) is 0.406. The monoisotopic (exact) mass is 381 g/mol. The van der Waals surface area contributed by atoms with Crippen molar-refractivity contribution >= 4 is 27.7 Å². The molecular weight excluding hydrogens is 358 g/mol. The highest BCUT2D eigenvalue weighted by Gasteiger charge is 2.34. The van der Waals surface area contributed by atoms with Crippen molar-refractivity contribution in [3.05, 3.63) is 29.8 Å². The number of carbonyl (C=O) groups excluding carboxylic acids is 2. The standard InChI is InChI=1S/C17H23N3O5S/c1-10(2)14(17(22)25-11(3)16(21)20(4)5)18-15-12-8-6-7-9-13(12)26(23,24)19-15/h6-11,14H,1-5H3,(H,18,19)/t11-,14+/m1/s1. The van der Waals surface area contributed by atoms with Crippen LogP contribution >= 0.6 is 0 Å². The maximum atomic E-state index is 12.5. The van der Waals surface area contributed by atoms with Gasteiger partial charge in [0.05, 0.1) is 4.90 Å². The first-order chi connectivity index (χ1) is 12.0. The van der Waals surface area contributed by atoms with Crippen molar-refractivity contribution in [3.63, 3.8) is 0 Å². The Kier molecular flexibility index (Phi) is 5.70. The van der Waals surface area contributed by atoms with E-state index in [0.29, 0.717) is 5.56 Å². The van der Waals surface area contributed by atoms with Gasteiger partial charge in [0.1, 0.15) is 5.84 Å². The Morgan fingerprint density at radius 2 is 1.77 bits per heavy atom. The molecule has 1 aliphatic heterocycles. The van der Waals surface area contributed by atoms with Crippen molar-refractivity contribution in [2.75, 3.05) is 14.1 Å². The third-order valence-electron chi connectivity index (χ3n) is 3.89. The summed E-state index contributed by atoms with van der Waals surface area (Å²) in [7, 11) is -0.560. The van der Waals surface area contributed by atoms with E-state index in [1.54, 1.807) is 46.1 Å². The van der Waals surface area contributed by atoms with Crippen LogP contribution in [0.25, 0.3) is 0 Å². The number of amidine groups is 1. The fraction of sp³-hybridized carbons (Fsp3) is 0.471. The first-order valence-electron chi connectivity index (χ1n) is 8.16. The molecule has 0 saturated heterocycles. The van der Waals surface area contributed by atoms with Gasteiger partial charge in [-0.2, -0.15) is 0 Å². The summed E-state index contributed by atoms with van der Waals surface area (Å²) in [5.74, 6) is -1.18. The minimum absolute atomic E-state index is 0.0999. The minimum Gasteiger partial charge on any atom is -0.451 e. The van der Waals surface area contributed by atoms with Gasteiger partial charge in [-0.25, -0.2) is 13.2 Å². The molecule has 0 unspecified atom stereocenters. The maximum Gasteiger partial charge on any atom is 0.331 e. The lowest BCUT2D eigenvalue weighted by molar-refractivity contribution is -0.159. The van der Waals surface area contributed by atoms with Crippen LogP contribution in [0.5, 0.6) is 0 Å². The number of benzene rings is 1. The van der Waals surface area contributed by atoms with Crippen LogP contribution < -0.4 is 4.72 Å². The number of nitrogens with one attached hydrogen (secondary N) is 1. The minimum atomic E-state index is -3.69. The fourth-order valence-electron chi connectivity index (χ4n) is 2.50. The number of sulfonamides is 1. The van der Waals surface area contributed by atoms with Crippen LogP contribution in [-0.4, -0.2) is 57.3 Å². The van der Waals surface area contributed by atoms with Gasteiger partial charge in [0.15, 0.2) is 12.1 Å². The SMILES string of the molecule is CC(C)[C@H](N=C1NS(=O)(=O)c2ccccc21)C(=O)O[C@H](C)C(=O)N(C)C. The zero-order chi connectivity index (χ0) is 19.6. The molecule has 0 bridgehead atoms. The molecule has 26 heavy (non-hydrogen) atoms. The van der Waals surface area contributed by atoms with Crippen LogP contribution in [-0.2, 0) is 24.3 Å². The number of amides is 1. The smallest absolute Gasteiger partial charge is 0.331 e. The van der Waals surface area contributed by atoms with E-state index in [0.717, 1.165) is 0 Å². The maximum absolute atomic E-state index is 12.5. The molecular formula is C17H23N3O5S. The van der Waals surface area contributed by atoms with Gasteiger partial charge < -0.3 is 9.64 Å². The summed E-state index contributed by atoms with van der Waals surface area (Å²) in [5, 5.41) is 0. The molecule has 2 atom stereocenters. The van der Waals surface area contributed by atoms with Gasteiger partial charge >= 0.3 is 5.97 Å². The summed E-state index contributed by atoms with van der Waals surface area (Å²) >= 11 is 0. The van der Waals surface area contributed by atoms with E-state index >= 15 is 0 Å². The second-order valence-electron chi connectivity index (χ2n) is 6.58. The van der Waals surface area contributed by atoms with Crippen molar-refractivity contribution in [2.24, 2.45) is 10.9 Å². The zero-order valence-electron chi connectivity index (χ0n) is 15.4. The lowest BCUT2D eigenvalue weighted by Crippen LogP contribution is -2.39. The Bertz CT molecular complexity index is 846. The molecule has 0 aromatic heterocycles. The van der Waals surface area contributed by atoms with E-state index in [-0.39, 0.29) is 22.6 Å². The molecule has 0 saturated carbocycles. The predicted octanol–water partition coefficient (Wildman–Crippen LogP) is 0.770. The average Bonchev–Trinajstić information content (AvgIpc) is 2.82. The number of hydrogen-bond donors (Lipinski definition) is 1. The summed E-state index contributed by atoms with van der Waals surface area (Å²) in [4.78, 5) is 30.1. The van der Waals surface area contributed by atoms with Crippen LogP contribution in [0.15, 0.2) is 34.2 Å². The van der Waals surface area contributed by atoms with E-state index in [4.69, 9.17) is 4.74 Å². The third kappa shape index (κ3) is 4.04. The molecule has 0 fully saturated rings. The van der Waals surface area contributed by atoms with Gasteiger partial charge in [0.25, 0.3) is 15.9 Å². The van der Waals surface area contributed by atoms with Crippen LogP contribution in [0.1, 0.15) is 26.3 Å². The second-order valence-corrected chi connectivity index (χ2v) is 8.23. The van der Waals surface area contributed by atoms with Crippen molar-refractivity contribution in [1.29, 1.82) is 0 Å². The van der Waals surface area contributed by atoms with Crippen LogP contribution in [0.4, 0.5) is 0 Å². The Balaban J connectivity index is 2.31. The largest absolute Gasteiger partial charge is 0.451 e. The first kappa shape index (κ1) is 19.9. The summed E-state index contributed by atoms with van der Waals surface area (Å²) in [6, 6.07) is 5.45. The normalized spacial score (nSPS) is 18.8. The van der Waals surface area contributed by atoms with Gasteiger partial charge in [0, 0.05) is 19.7 Å². The van der Waals surface area contributed by atoms with Crippen LogP contribution in [0, 0.1) is 5.92 Å². The second kappa shape index (κ2) is 7.45. The van der Waals surface area contributed by atoms with Crippen molar-refractivity contribution in [3.8, 4) is 0 Å². The van der Waals surface area contributed by atoms with E-state index in [2.05, 4.69) is 9.71 Å². The first-order valence-corrected chi connectivity index (χ1v) is 9.64. The van der Waals surface area contributed by atoms with E-state index < -0.39 is 28.1 Å². The number of nitrogens with zero attached hydrogens (tertiary/aromatic N) is 2. The molecule has 9 heteroatoms. The van der Waals surface area contributed by atoms with Gasteiger partial charge in [-0.15, -0.1) is 0 Å². The van der Waals surface area contributed by atoms with Crippen LogP contribution in [0.2, 0.25) is 0 Å². The Morgan fingerprint density at radius 1 is 1.15 bits per heavy atom. The number of esters is 1. The van der Waals surface area contributed by atoms with Gasteiger partial charge in [-0.05, 0) is 25.0 Å². The number of ether oxygens (including phenoxy) is 1. The highest BCUT2D eigenvalue weighted by molar-refractivity contribution is 7.90. The van der Waals surface area contributed by atoms with Gasteiger partial charge in [-0.1, -0.05) is 26.0 Å². The summed E-state index contributed by atoms with van der Waals surface area (Å²) < 4.78 is 31.9. The van der Waals surface area contributed by atoms with Crippen molar-refractivity contribution in [1.82, 2.24) is 9.62 Å². The van der Waals surface area contributed by atoms with E-state index in [9.17, 15) is 18.0 Å². The van der Waals surface area contributed by atoms with Gasteiger partial charge in [0.2, 0.25) is 0 Å². The molecule has 0 spiro atoms. The molecule has 1 aromatic carbocycles. The predicted molar refractivity (Wildman–Crippen MR) is 96.2 cm³/mol. The molecule has 0 radical (unpaired) electrons. The van der Waals surface area contributed by atoms with E-state index in [1.165, 1.54) is 17.9 Å². The molecule has 0 aliphatic carbocycles. The molecule has 1 aromatic rings. The highest BCUT2D eigenvalue weighted by Crippen LogP contribution is 2.23. The Labute approximate surface area is 153 Å². The topological polar surface area (TPSA) is 105 Å². The fourth-order valence-corrected chi connectivity index (χ4v) is 3.74. The lowest BCUT2D eigenvalue weighted by Gasteiger charge is -2.21. The average molecular weight is 381 g/mol. The highest BCUT2D eigenvalue weighted by atomic mass is 32.2. The lowest BCUT2D eigenvalue weighted by atomic mass is 10.0. The summed E-state index contributed by atoms with van der Waals surface area (Å²) in [6.07, 6.45) is -0.952. The number of aliphatic imine (C=N–C) groups is 1. The molecule has 1 heterocycles. The number of fused-ring (bicyclic) bond motifs is 1. The number of hydrogen-bond acceptors (Lipinski definition) is 6. The van der Waals surface area contributed by atoms with Crippen LogP contribution in [0.3, 0.4) is 0 Å². The number of likely N-dealkylation sites (N-methyl/N-ethyl adjacent to an activating group) is 1. The third-order valence-corrected chi connectivity index (χ3v) is 5.28. The number of carbonyl (C=O) groups is 2. The molecule has 8 nitrogen and oxygen atoms in total. The quantitative estimate of drug-likeness (QED) is 0.759. The molecule has 2 rings (SSSR count). The Morgan fingerprint density at radius 3 is 2.35 bits per heavy atom. The number of rotatable bonds is 5. The summed E-state index contributed by atoms with van der Waals surface area (Å²) in [6.45, 7) is 5.02. The van der Waals surface area contributed by atoms with Gasteiger partial charge in [-0.3, -0.25) is 14.5 Å². The molecule has 142 valence electrons. The zero-order valence-corrected chi connectivity index (χ0v) is 16.2. The van der Waals surface area contributed by atoms with Crippen molar-refractivity contribution < 1.29 is 22.7 Å². The molecule has 1 N–H and O–H groups in total. The van der Waals surface area contributed by atoms with Crippen molar-refractivity contribution in [2.45, 2.75) is 37.8 Å².